The van der Waals surface area contributed by atoms with Gasteiger partial charge in [-0.3, -0.25) is 0 Å². The number of aromatic nitrogens is 2. The van der Waals surface area contributed by atoms with Gasteiger partial charge in [0, 0.05) is 12.6 Å². The van der Waals surface area contributed by atoms with E-state index in [-0.39, 0.29) is 5.95 Å². The number of rotatable bonds is 4. The van der Waals surface area contributed by atoms with Crippen molar-refractivity contribution in [1.29, 1.82) is 0 Å². The molecule has 1 aliphatic carbocycles. The Kier molecular flexibility index (Phi) is 3.63. The van der Waals surface area contributed by atoms with Crippen molar-refractivity contribution in [2.45, 2.75) is 26.2 Å². The summed E-state index contributed by atoms with van der Waals surface area (Å²) in [6.07, 6.45) is 3.90. The molecule has 0 spiro atoms. The molecular weight excluding hydrogens is 216 g/mol. The molecule has 17 heavy (non-hydrogen) atoms. The second-order valence-corrected chi connectivity index (χ2v) is 4.81. The number of nitrogens with zero attached hydrogens (tertiary/aromatic N) is 2. The van der Waals surface area contributed by atoms with Crippen LogP contribution in [0.2, 0.25) is 0 Å². The molecule has 0 radical (unpaired) electrons. The van der Waals surface area contributed by atoms with E-state index >= 15 is 0 Å². The Morgan fingerprint density at radius 3 is 2.76 bits per heavy atom. The van der Waals surface area contributed by atoms with Crippen molar-refractivity contribution < 1.29 is 0 Å². The summed E-state index contributed by atoms with van der Waals surface area (Å²) in [5.41, 5.74) is 8.06. The molecule has 2 atom stereocenters. The number of hydrogen-bond donors (Lipinski definition) is 4. The summed E-state index contributed by atoms with van der Waals surface area (Å²) >= 11 is 0. The minimum atomic E-state index is 0.225. The molecule has 0 saturated heterocycles. The van der Waals surface area contributed by atoms with E-state index in [0.717, 1.165) is 24.2 Å². The van der Waals surface area contributed by atoms with Gasteiger partial charge in [-0.05, 0) is 24.7 Å². The minimum absolute atomic E-state index is 0.225. The largest absolute Gasteiger partial charge is 0.370 e. The van der Waals surface area contributed by atoms with Crippen LogP contribution in [0.5, 0.6) is 0 Å². The van der Waals surface area contributed by atoms with E-state index in [9.17, 15) is 0 Å². The number of anilines is 3. The molecule has 6 heteroatoms. The normalized spacial score (nSPS) is 23.6. The lowest BCUT2D eigenvalue weighted by atomic mass is 10.1. The highest BCUT2D eigenvalue weighted by Gasteiger charge is 2.20. The van der Waals surface area contributed by atoms with Crippen LogP contribution in [-0.4, -0.2) is 16.5 Å². The first-order valence-corrected chi connectivity index (χ1v) is 6.02. The van der Waals surface area contributed by atoms with Crippen molar-refractivity contribution in [1.82, 2.24) is 9.97 Å². The average Bonchev–Trinajstić information content (AvgIpc) is 2.72. The van der Waals surface area contributed by atoms with Crippen LogP contribution in [0.15, 0.2) is 6.07 Å². The smallest absolute Gasteiger partial charge is 0.223 e. The van der Waals surface area contributed by atoms with Crippen LogP contribution in [0.3, 0.4) is 0 Å². The lowest BCUT2D eigenvalue weighted by Gasteiger charge is -2.12. The molecule has 1 fully saturated rings. The van der Waals surface area contributed by atoms with E-state index in [4.69, 9.17) is 11.6 Å². The fourth-order valence-electron chi connectivity index (χ4n) is 2.39. The molecule has 0 bridgehead atoms. The lowest BCUT2D eigenvalue weighted by molar-refractivity contribution is 0.536. The second kappa shape index (κ2) is 5.18. The predicted molar refractivity (Wildman–Crippen MR) is 69.2 cm³/mol. The van der Waals surface area contributed by atoms with Gasteiger partial charge >= 0.3 is 0 Å². The predicted octanol–water partition coefficient (Wildman–Crippen LogP) is 1.19. The fraction of sp³-hybridized carbons (Fsp3) is 0.636. The van der Waals surface area contributed by atoms with E-state index < -0.39 is 0 Å². The van der Waals surface area contributed by atoms with Gasteiger partial charge in [-0.15, -0.1) is 0 Å². The highest BCUT2D eigenvalue weighted by molar-refractivity contribution is 5.50. The molecule has 2 rings (SSSR count). The van der Waals surface area contributed by atoms with Crippen LogP contribution in [0.1, 0.15) is 26.2 Å². The first kappa shape index (κ1) is 11.9. The minimum Gasteiger partial charge on any atom is -0.370 e. The van der Waals surface area contributed by atoms with Gasteiger partial charge in [-0.25, -0.2) is 5.84 Å². The summed E-state index contributed by atoms with van der Waals surface area (Å²) in [6.45, 7) is 3.24. The maximum absolute atomic E-state index is 5.58. The van der Waals surface area contributed by atoms with Crippen LogP contribution < -0.4 is 22.3 Å². The number of hydrogen-bond acceptors (Lipinski definition) is 6. The van der Waals surface area contributed by atoms with E-state index in [1.807, 2.05) is 0 Å². The molecular formula is C11H20N6. The zero-order valence-corrected chi connectivity index (χ0v) is 10.1. The molecule has 2 unspecified atom stereocenters. The first-order valence-electron chi connectivity index (χ1n) is 6.02. The highest BCUT2D eigenvalue weighted by Crippen LogP contribution is 2.30. The van der Waals surface area contributed by atoms with Gasteiger partial charge in [0.2, 0.25) is 5.95 Å². The monoisotopic (exact) mass is 236 g/mol. The van der Waals surface area contributed by atoms with Gasteiger partial charge in [-0.1, -0.05) is 13.3 Å². The van der Waals surface area contributed by atoms with E-state index in [0.29, 0.717) is 5.82 Å². The molecule has 1 aromatic heterocycles. The van der Waals surface area contributed by atoms with Crippen molar-refractivity contribution in [2.75, 3.05) is 23.0 Å². The molecule has 1 aliphatic rings. The van der Waals surface area contributed by atoms with Crippen LogP contribution >= 0.6 is 0 Å². The summed E-state index contributed by atoms with van der Waals surface area (Å²) in [5, 5.41) is 3.30. The van der Waals surface area contributed by atoms with Gasteiger partial charge < -0.3 is 16.5 Å². The topological polar surface area (TPSA) is 102 Å². The number of nitrogens with one attached hydrogen (secondary N) is 2. The fourth-order valence-corrected chi connectivity index (χ4v) is 2.39. The standard InChI is InChI=1S/C11H20N6/c1-7-2-3-8(4-7)6-14-9-5-10(17-13)16-11(12)15-9/h5,7-8H,2-4,6,13H2,1H3,(H4,12,14,15,16,17). The summed E-state index contributed by atoms with van der Waals surface area (Å²) in [4.78, 5) is 8.06. The number of nitrogen functional groups attached to an aromatic ring is 2. The van der Waals surface area contributed by atoms with Crippen molar-refractivity contribution in [3.63, 3.8) is 0 Å². The van der Waals surface area contributed by atoms with E-state index in [1.165, 1.54) is 19.3 Å². The Bertz CT molecular complexity index is 380. The van der Waals surface area contributed by atoms with Gasteiger partial charge in [0.05, 0.1) is 0 Å². The summed E-state index contributed by atoms with van der Waals surface area (Å²) in [5.74, 6) is 8.36. The van der Waals surface area contributed by atoms with Crippen LogP contribution in [0.4, 0.5) is 17.6 Å². The quantitative estimate of drug-likeness (QED) is 0.462. The van der Waals surface area contributed by atoms with E-state index in [2.05, 4.69) is 27.6 Å². The van der Waals surface area contributed by atoms with Gasteiger partial charge in [0.15, 0.2) is 0 Å². The zero-order valence-electron chi connectivity index (χ0n) is 10.1. The van der Waals surface area contributed by atoms with Crippen LogP contribution in [-0.2, 0) is 0 Å². The van der Waals surface area contributed by atoms with Gasteiger partial charge in [0.25, 0.3) is 0 Å². The summed E-state index contributed by atoms with van der Waals surface area (Å²) in [7, 11) is 0. The molecule has 6 N–H and O–H groups in total. The molecule has 1 heterocycles. The first-order chi connectivity index (χ1) is 8.17. The maximum atomic E-state index is 5.58. The third-order valence-corrected chi connectivity index (χ3v) is 3.27. The van der Waals surface area contributed by atoms with E-state index in [1.54, 1.807) is 6.07 Å². The lowest BCUT2D eigenvalue weighted by Crippen LogP contribution is -2.15. The average molecular weight is 236 g/mol. The molecule has 1 aromatic rings. The van der Waals surface area contributed by atoms with Crippen molar-refractivity contribution in [2.24, 2.45) is 17.7 Å². The second-order valence-electron chi connectivity index (χ2n) is 4.81. The van der Waals surface area contributed by atoms with Crippen molar-refractivity contribution in [3.05, 3.63) is 6.07 Å². The maximum Gasteiger partial charge on any atom is 0.223 e. The molecule has 6 nitrogen and oxygen atoms in total. The van der Waals surface area contributed by atoms with Crippen LogP contribution in [0.25, 0.3) is 0 Å². The highest BCUT2D eigenvalue weighted by atomic mass is 15.3. The van der Waals surface area contributed by atoms with Crippen molar-refractivity contribution in [3.8, 4) is 0 Å². The Morgan fingerprint density at radius 2 is 2.12 bits per heavy atom. The third kappa shape index (κ3) is 3.20. The number of nitrogens with two attached hydrogens (primary N) is 2. The summed E-state index contributed by atoms with van der Waals surface area (Å²) in [6, 6.07) is 1.76. The van der Waals surface area contributed by atoms with Gasteiger partial charge in [-0.2, -0.15) is 9.97 Å². The third-order valence-electron chi connectivity index (χ3n) is 3.27. The zero-order chi connectivity index (χ0) is 12.3. The Labute approximate surface area is 101 Å². The Hall–Kier alpha value is -1.56. The molecule has 0 aliphatic heterocycles. The molecule has 0 amide bonds. The van der Waals surface area contributed by atoms with Crippen LogP contribution in [0, 0.1) is 11.8 Å². The summed E-state index contributed by atoms with van der Waals surface area (Å²) < 4.78 is 0. The molecule has 0 aromatic carbocycles. The Morgan fingerprint density at radius 1 is 1.35 bits per heavy atom. The van der Waals surface area contributed by atoms with Crippen molar-refractivity contribution >= 4 is 17.6 Å². The SMILES string of the molecule is CC1CCC(CNc2cc(NN)nc(N)n2)C1. The molecule has 1 saturated carbocycles. The molecule has 94 valence electrons. The van der Waals surface area contributed by atoms with Gasteiger partial charge in [0.1, 0.15) is 11.6 Å². The Balaban J connectivity index is 1.92. The number of hydrazine groups is 1.